The van der Waals surface area contributed by atoms with E-state index in [4.69, 9.17) is 11.6 Å². The molecule has 0 unspecified atom stereocenters. The summed E-state index contributed by atoms with van der Waals surface area (Å²) in [4.78, 5) is 10.4. The molecule has 0 aliphatic rings. The number of nitrogens with one attached hydrogen (secondary N) is 2. The lowest BCUT2D eigenvalue weighted by Gasteiger charge is -2.11. The number of aromatic nitrogens is 2. The minimum atomic E-state index is -3.54. The third-order valence-corrected chi connectivity index (χ3v) is 6.74. The van der Waals surface area contributed by atoms with Crippen molar-refractivity contribution in [2.45, 2.75) is 4.90 Å². The predicted octanol–water partition coefficient (Wildman–Crippen LogP) is 4.40. The summed E-state index contributed by atoms with van der Waals surface area (Å²) in [5, 5.41) is 6.59. The van der Waals surface area contributed by atoms with Crippen LogP contribution in [0.4, 0.5) is 5.82 Å². The monoisotopic (exact) mass is 444 g/mol. The number of sulfonamides is 1. The second-order valence-corrected chi connectivity index (χ2v) is 9.32. The van der Waals surface area contributed by atoms with Crippen LogP contribution in [0.15, 0.2) is 70.9 Å². The summed E-state index contributed by atoms with van der Waals surface area (Å²) in [6, 6.07) is 17.6. The third kappa shape index (κ3) is 4.56. The van der Waals surface area contributed by atoms with Crippen molar-refractivity contribution in [2.75, 3.05) is 18.4 Å². The Morgan fingerprint density at radius 1 is 0.966 bits per heavy atom. The van der Waals surface area contributed by atoms with Crippen molar-refractivity contribution in [3.05, 3.63) is 71.1 Å². The molecule has 0 spiro atoms. The fourth-order valence-electron chi connectivity index (χ4n) is 2.80. The first kappa shape index (κ1) is 19.8. The molecule has 2 heterocycles. The van der Waals surface area contributed by atoms with Crippen molar-refractivity contribution in [2.24, 2.45) is 0 Å². The van der Waals surface area contributed by atoms with Crippen molar-refractivity contribution in [1.82, 2.24) is 14.7 Å². The van der Waals surface area contributed by atoms with Gasteiger partial charge >= 0.3 is 0 Å². The molecule has 0 aliphatic heterocycles. The average molecular weight is 445 g/mol. The van der Waals surface area contributed by atoms with E-state index in [-0.39, 0.29) is 11.4 Å². The lowest BCUT2D eigenvalue weighted by atomic mass is 10.2. The summed E-state index contributed by atoms with van der Waals surface area (Å²) in [5.74, 6) is 1.23. The molecule has 0 aliphatic carbocycles. The highest BCUT2D eigenvalue weighted by Gasteiger charge is 2.13. The van der Waals surface area contributed by atoms with Gasteiger partial charge in [0.05, 0.1) is 15.3 Å². The molecule has 0 atom stereocenters. The molecule has 2 aromatic carbocycles. The molecule has 0 saturated carbocycles. The van der Waals surface area contributed by atoms with Crippen LogP contribution in [0.3, 0.4) is 0 Å². The second kappa shape index (κ2) is 8.46. The smallest absolute Gasteiger partial charge is 0.240 e. The van der Waals surface area contributed by atoms with Gasteiger partial charge < -0.3 is 5.32 Å². The standard InChI is InChI=1S/C20H17ClN4O2S2/c21-14-8-9-16-17(13-14)24-20(18-7-4-12-28-18)25-19(16)22-10-11-23-29(26,27)15-5-2-1-3-6-15/h1-9,12-13,23H,10-11H2,(H,22,24,25). The molecule has 29 heavy (non-hydrogen) atoms. The Morgan fingerprint density at radius 2 is 1.79 bits per heavy atom. The van der Waals surface area contributed by atoms with Crippen LogP contribution in [0.1, 0.15) is 0 Å². The van der Waals surface area contributed by atoms with Crippen LogP contribution in [0.2, 0.25) is 5.02 Å². The van der Waals surface area contributed by atoms with E-state index < -0.39 is 10.0 Å². The zero-order valence-corrected chi connectivity index (χ0v) is 17.6. The zero-order chi connectivity index (χ0) is 20.3. The Hall–Kier alpha value is -2.52. The number of nitrogens with zero attached hydrogens (tertiary/aromatic N) is 2. The highest BCUT2D eigenvalue weighted by molar-refractivity contribution is 7.89. The van der Waals surface area contributed by atoms with Crippen molar-refractivity contribution in [3.63, 3.8) is 0 Å². The van der Waals surface area contributed by atoms with E-state index in [1.807, 2.05) is 23.6 Å². The van der Waals surface area contributed by atoms with E-state index >= 15 is 0 Å². The van der Waals surface area contributed by atoms with Crippen LogP contribution >= 0.6 is 22.9 Å². The minimum Gasteiger partial charge on any atom is -0.368 e. The molecule has 0 bridgehead atoms. The topological polar surface area (TPSA) is 84.0 Å². The minimum absolute atomic E-state index is 0.213. The molecule has 2 N–H and O–H groups in total. The molecule has 148 valence electrons. The zero-order valence-electron chi connectivity index (χ0n) is 15.2. The highest BCUT2D eigenvalue weighted by atomic mass is 35.5. The first-order chi connectivity index (χ1) is 14.0. The number of halogens is 1. The summed E-state index contributed by atoms with van der Waals surface area (Å²) < 4.78 is 27.2. The number of benzene rings is 2. The van der Waals surface area contributed by atoms with E-state index in [0.717, 1.165) is 15.8 Å². The fourth-order valence-corrected chi connectivity index (χ4v) is 4.68. The lowest BCUT2D eigenvalue weighted by Crippen LogP contribution is -2.29. The van der Waals surface area contributed by atoms with E-state index in [1.54, 1.807) is 53.8 Å². The van der Waals surface area contributed by atoms with Crippen LogP contribution in [0, 0.1) is 0 Å². The van der Waals surface area contributed by atoms with E-state index in [0.29, 0.717) is 23.2 Å². The van der Waals surface area contributed by atoms with E-state index in [1.165, 1.54) is 0 Å². The molecule has 0 amide bonds. The number of fused-ring (bicyclic) bond motifs is 1. The summed E-state index contributed by atoms with van der Waals surface area (Å²) in [5.41, 5.74) is 0.725. The van der Waals surface area contributed by atoms with Gasteiger partial charge in [-0.1, -0.05) is 35.9 Å². The van der Waals surface area contributed by atoms with Gasteiger partial charge in [0.25, 0.3) is 0 Å². The number of rotatable bonds is 7. The van der Waals surface area contributed by atoms with Crippen LogP contribution in [-0.4, -0.2) is 31.5 Å². The molecule has 2 aromatic heterocycles. The Labute approximate surface area is 177 Å². The van der Waals surface area contributed by atoms with Gasteiger partial charge in [0.15, 0.2) is 5.82 Å². The van der Waals surface area contributed by atoms with Gasteiger partial charge in [-0.15, -0.1) is 11.3 Å². The number of hydrogen-bond donors (Lipinski definition) is 2. The number of hydrogen-bond acceptors (Lipinski definition) is 6. The van der Waals surface area contributed by atoms with Crippen molar-refractivity contribution in [1.29, 1.82) is 0 Å². The number of thiophene rings is 1. The average Bonchev–Trinajstić information content (AvgIpc) is 3.26. The van der Waals surface area contributed by atoms with E-state index in [9.17, 15) is 8.42 Å². The summed E-state index contributed by atoms with van der Waals surface area (Å²) >= 11 is 7.68. The largest absolute Gasteiger partial charge is 0.368 e. The predicted molar refractivity (Wildman–Crippen MR) is 118 cm³/mol. The quantitative estimate of drug-likeness (QED) is 0.413. The number of anilines is 1. The Balaban J connectivity index is 1.53. The maximum absolute atomic E-state index is 12.3. The summed E-state index contributed by atoms with van der Waals surface area (Å²) in [6.45, 7) is 0.579. The maximum Gasteiger partial charge on any atom is 0.240 e. The Bertz CT molecular complexity index is 1230. The molecule has 9 heteroatoms. The molecular formula is C20H17ClN4O2S2. The third-order valence-electron chi connectivity index (χ3n) is 4.16. The van der Waals surface area contributed by atoms with Gasteiger partial charge in [-0.3, -0.25) is 0 Å². The Kier molecular flexibility index (Phi) is 5.77. The summed E-state index contributed by atoms with van der Waals surface area (Å²) in [6.07, 6.45) is 0. The fraction of sp³-hybridized carbons (Fsp3) is 0.100. The van der Waals surface area contributed by atoms with Gasteiger partial charge in [0.1, 0.15) is 5.82 Å². The first-order valence-electron chi connectivity index (χ1n) is 8.83. The maximum atomic E-state index is 12.3. The van der Waals surface area contributed by atoms with Crippen LogP contribution in [0.5, 0.6) is 0 Å². The van der Waals surface area contributed by atoms with Crippen LogP contribution in [0.25, 0.3) is 21.6 Å². The molecular weight excluding hydrogens is 428 g/mol. The normalized spacial score (nSPS) is 11.6. The van der Waals surface area contributed by atoms with Crippen molar-refractivity contribution in [3.8, 4) is 10.7 Å². The van der Waals surface area contributed by atoms with Crippen molar-refractivity contribution < 1.29 is 8.42 Å². The SMILES string of the molecule is O=S(=O)(NCCNc1nc(-c2cccs2)nc2cc(Cl)ccc12)c1ccccc1. The van der Waals surface area contributed by atoms with Gasteiger partial charge in [0.2, 0.25) is 10.0 Å². The first-order valence-corrected chi connectivity index (χ1v) is 11.6. The molecule has 0 radical (unpaired) electrons. The molecule has 6 nitrogen and oxygen atoms in total. The molecule has 4 rings (SSSR count). The van der Waals surface area contributed by atoms with Gasteiger partial charge in [0, 0.05) is 23.5 Å². The lowest BCUT2D eigenvalue weighted by molar-refractivity contribution is 0.583. The Morgan fingerprint density at radius 3 is 2.55 bits per heavy atom. The van der Waals surface area contributed by atoms with Gasteiger partial charge in [-0.05, 0) is 41.8 Å². The second-order valence-electron chi connectivity index (χ2n) is 6.17. The van der Waals surface area contributed by atoms with Crippen molar-refractivity contribution >= 4 is 49.7 Å². The van der Waals surface area contributed by atoms with Gasteiger partial charge in [-0.25, -0.2) is 23.1 Å². The molecule has 0 saturated heterocycles. The molecule has 0 fully saturated rings. The molecule has 4 aromatic rings. The summed E-state index contributed by atoms with van der Waals surface area (Å²) in [7, 11) is -3.54. The van der Waals surface area contributed by atoms with Crippen LogP contribution in [-0.2, 0) is 10.0 Å². The van der Waals surface area contributed by atoms with Crippen LogP contribution < -0.4 is 10.0 Å². The van der Waals surface area contributed by atoms with E-state index in [2.05, 4.69) is 20.0 Å². The highest BCUT2D eigenvalue weighted by Crippen LogP contribution is 2.28. The van der Waals surface area contributed by atoms with Gasteiger partial charge in [-0.2, -0.15) is 0 Å².